The first-order valence-electron chi connectivity index (χ1n) is 6.07. The van der Waals surface area contributed by atoms with Crippen molar-refractivity contribution in [2.75, 3.05) is 19.4 Å². The molecule has 0 aromatic heterocycles. The molecule has 0 heterocycles. The number of aliphatic hydroxyl groups excluding tert-OH is 1. The number of hydrogen-bond donors (Lipinski definition) is 2. The summed E-state index contributed by atoms with van der Waals surface area (Å²) in [5.41, 5.74) is 0. The van der Waals surface area contributed by atoms with E-state index in [2.05, 4.69) is 26.2 Å². The van der Waals surface area contributed by atoms with E-state index in [4.69, 9.17) is 5.11 Å². The van der Waals surface area contributed by atoms with Crippen molar-refractivity contribution >= 4 is 11.8 Å². The van der Waals surface area contributed by atoms with Crippen molar-refractivity contribution < 1.29 is 5.11 Å². The van der Waals surface area contributed by atoms with E-state index in [0.717, 1.165) is 16.9 Å². The molecule has 0 aromatic rings. The second-order valence-corrected chi connectivity index (χ2v) is 6.25. The molecule has 90 valence electrons. The summed E-state index contributed by atoms with van der Waals surface area (Å²) in [6.45, 7) is 4.79. The smallest absolute Gasteiger partial charge is 0.0464 e. The highest BCUT2D eigenvalue weighted by Gasteiger charge is 2.27. The van der Waals surface area contributed by atoms with Crippen LogP contribution >= 0.6 is 11.8 Å². The van der Waals surface area contributed by atoms with Crippen molar-refractivity contribution in [3.05, 3.63) is 0 Å². The second-order valence-electron chi connectivity index (χ2n) is 4.97. The first-order valence-corrected chi connectivity index (χ1v) is 7.12. The minimum Gasteiger partial charge on any atom is -0.396 e. The summed E-state index contributed by atoms with van der Waals surface area (Å²) in [6, 6.07) is 0.678. The lowest BCUT2D eigenvalue weighted by Crippen LogP contribution is -2.40. The Morgan fingerprint density at radius 3 is 2.80 bits per heavy atom. The molecule has 0 amide bonds. The Morgan fingerprint density at radius 1 is 1.47 bits per heavy atom. The number of hydrogen-bond acceptors (Lipinski definition) is 3. The fourth-order valence-electron chi connectivity index (χ4n) is 2.18. The van der Waals surface area contributed by atoms with Gasteiger partial charge in [-0.15, -0.1) is 0 Å². The Hall–Kier alpha value is 0.270. The van der Waals surface area contributed by atoms with Gasteiger partial charge in [-0.25, -0.2) is 0 Å². The SMILES string of the molecule is CNC1CCC(C)CC1SCC(C)CO. The highest BCUT2D eigenvalue weighted by atomic mass is 32.2. The lowest BCUT2D eigenvalue weighted by atomic mass is 9.87. The maximum atomic E-state index is 9.01. The average Bonchev–Trinajstić information content (AvgIpc) is 2.26. The summed E-state index contributed by atoms with van der Waals surface area (Å²) >= 11 is 2.04. The first kappa shape index (κ1) is 13.3. The van der Waals surface area contributed by atoms with Crippen molar-refractivity contribution in [3.63, 3.8) is 0 Å². The molecule has 2 N–H and O–H groups in total. The van der Waals surface area contributed by atoms with Gasteiger partial charge in [-0.3, -0.25) is 0 Å². The average molecular weight is 231 g/mol. The van der Waals surface area contributed by atoms with Crippen LogP contribution in [0.3, 0.4) is 0 Å². The van der Waals surface area contributed by atoms with Crippen LogP contribution < -0.4 is 5.32 Å². The van der Waals surface area contributed by atoms with Gasteiger partial charge in [0.2, 0.25) is 0 Å². The van der Waals surface area contributed by atoms with E-state index in [1.54, 1.807) is 0 Å². The van der Waals surface area contributed by atoms with Gasteiger partial charge in [-0.05, 0) is 43.9 Å². The largest absolute Gasteiger partial charge is 0.396 e. The first-order chi connectivity index (χ1) is 7.17. The summed E-state index contributed by atoms with van der Waals surface area (Å²) in [7, 11) is 2.07. The monoisotopic (exact) mass is 231 g/mol. The van der Waals surface area contributed by atoms with Gasteiger partial charge < -0.3 is 10.4 Å². The fourth-order valence-corrected chi connectivity index (χ4v) is 3.83. The molecule has 4 atom stereocenters. The van der Waals surface area contributed by atoms with E-state index in [1.165, 1.54) is 19.3 Å². The van der Waals surface area contributed by atoms with Gasteiger partial charge in [0, 0.05) is 17.9 Å². The standard InChI is InChI=1S/C12H25NOS/c1-9-4-5-11(13-3)12(6-9)15-8-10(2)7-14/h9-14H,4-8H2,1-3H3. The van der Waals surface area contributed by atoms with Gasteiger partial charge in [0.25, 0.3) is 0 Å². The topological polar surface area (TPSA) is 32.3 Å². The van der Waals surface area contributed by atoms with Gasteiger partial charge >= 0.3 is 0 Å². The van der Waals surface area contributed by atoms with Crippen LogP contribution in [0.2, 0.25) is 0 Å². The lowest BCUT2D eigenvalue weighted by Gasteiger charge is -2.34. The van der Waals surface area contributed by atoms with Crippen molar-refractivity contribution in [2.45, 2.75) is 44.4 Å². The maximum Gasteiger partial charge on any atom is 0.0464 e. The van der Waals surface area contributed by atoms with E-state index in [1.807, 2.05) is 11.8 Å². The Labute approximate surface area is 98.2 Å². The molecule has 2 nitrogen and oxygen atoms in total. The third kappa shape index (κ3) is 4.33. The van der Waals surface area contributed by atoms with Crippen LogP contribution in [0.5, 0.6) is 0 Å². The van der Waals surface area contributed by atoms with Crippen LogP contribution in [0.15, 0.2) is 0 Å². The molecular weight excluding hydrogens is 206 g/mol. The second kappa shape index (κ2) is 6.77. The molecule has 0 bridgehead atoms. The van der Waals surface area contributed by atoms with Crippen LogP contribution in [0.1, 0.15) is 33.1 Å². The molecule has 0 radical (unpaired) electrons. The molecule has 1 aliphatic carbocycles. The van der Waals surface area contributed by atoms with Crippen molar-refractivity contribution in [2.24, 2.45) is 11.8 Å². The normalized spacial score (nSPS) is 34.0. The molecular formula is C12H25NOS. The number of nitrogens with one attached hydrogen (secondary N) is 1. The Balaban J connectivity index is 2.34. The summed E-state index contributed by atoms with van der Waals surface area (Å²) in [4.78, 5) is 0. The van der Waals surface area contributed by atoms with Gasteiger partial charge in [0.05, 0.1) is 0 Å². The molecule has 1 saturated carbocycles. The quantitative estimate of drug-likeness (QED) is 0.760. The number of aliphatic hydroxyl groups is 1. The third-order valence-electron chi connectivity index (χ3n) is 3.33. The zero-order valence-corrected chi connectivity index (χ0v) is 11.0. The zero-order chi connectivity index (χ0) is 11.3. The van der Waals surface area contributed by atoms with Gasteiger partial charge in [0.15, 0.2) is 0 Å². The van der Waals surface area contributed by atoms with Crippen LogP contribution in [-0.2, 0) is 0 Å². The lowest BCUT2D eigenvalue weighted by molar-refractivity contribution is 0.250. The van der Waals surface area contributed by atoms with Gasteiger partial charge in [-0.2, -0.15) is 11.8 Å². The Kier molecular flexibility index (Phi) is 6.02. The van der Waals surface area contributed by atoms with Crippen molar-refractivity contribution in [1.29, 1.82) is 0 Å². The molecule has 1 aliphatic rings. The molecule has 15 heavy (non-hydrogen) atoms. The van der Waals surface area contributed by atoms with Crippen molar-refractivity contribution in [1.82, 2.24) is 5.32 Å². The molecule has 0 aliphatic heterocycles. The van der Waals surface area contributed by atoms with E-state index in [-0.39, 0.29) is 0 Å². The molecule has 0 spiro atoms. The molecule has 1 fully saturated rings. The van der Waals surface area contributed by atoms with Crippen LogP contribution in [0, 0.1) is 11.8 Å². The van der Waals surface area contributed by atoms with E-state index < -0.39 is 0 Å². The predicted molar refractivity (Wildman–Crippen MR) is 68.4 cm³/mol. The highest BCUT2D eigenvalue weighted by Crippen LogP contribution is 2.32. The van der Waals surface area contributed by atoms with E-state index >= 15 is 0 Å². The highest BCUT2D eigenvalue weighted by molar-refractivity contribution is 7.99. The molecule has 3 heteroatoms. The summed E-state index contributed by atoms with van der Waals surface area (Å²) < 4.78 is 0. The van der Waals surface area contributed by atoms with Crippen LogP contribution in [0.25, 0.3) is 0 Å². The van der Waals surface area contributed by atoms with Gasteiger partial charge in [-0.1, -0.05) is 13.8 Å². The summed E-state index contributed by atoms with van der Waals surface area (Å²) in [6.07, 6.45) is 4.00. The third-order valence-corrected chi connectivity index (χ3v) is 5.04. The summed E-state index contributed by atoms with van der Waals surface area (Å²) in [5.74, 6) is 2.40. The molecule has 1 rings (SSSR count). The number of thioether (sulfide) groups is 1. The minimum atomic E-state index is 0.319. The Bertz CT molecular complexity index is 177. The van der Waals surface area contributed by atoms with Crippen LogP contribution in [-0.4, -0.2) is 35.8 Å². The molecule has 0 saturated heterocycles. The van der Waals surface area contributed by atoms with Crippen molar-refractivity contribution in [3.8, 4) is 0 Å². The fraction of sp³-hybridized carbons (Fsp3) is 1.00. The van der Waals surface area contributed by atoms with Crippen LogP contribution in [0.4, 0.5) is 0 Å². The molecule has 0 aromatic carbocycles. The van der Waals surface area contributed by atoms with E-state index in [0.29, 0.717) is 18.6 Å². The van der Waals surface area contributed by atoms with Gasteiger partial charge in [0.1, 0.15) is 0 Å². The van der Waals surface area contributed by atoms with E-state index in [9.17, 15) is 0 Å². The molecule has 4 unspecified atom stereocenters. The minimum absolute atomic E-state index is 0.319. The Morgan fingerprint density at radius 2 is 2.20 bits per heavy atom. The summed E-state index contributed by atoms with van der Waals surface area (Å²) in [5, 5.41) is 13.2. The maximum absolute atomic E-state index is 9.01. The number of rotatable bonds is 5. The predicted octanol–water partition coefficient (Wildman–Crippen LogP) is 2.12. The zero-order valence-electron chi connectivity index (χ0n) is 10.2.